The van der Waals surface area contributed by atoms with Crippen molar-refractivity contribution < 1.29 is 155 Å². The number of Topliss-reactive ketones (excluding diaryl/α,β-unsaturated/α-hetero) is 6. The third kappa shape index (κ3) is 39.6. The fraction of sp³-hybridized carbons (Fsp3) is 0.319. The number of methoxy groups -OCH3 is 1. The van der Waals surface area contributed by atoms with Gasteiger partial charge in [-0.1, -0.05) is 66.9 Å². The van der Waals surface area contributed by atoms with Gasteiger partial charge in [-0.2, -0.15) is 74.1 Å². The van der Waals surface area contributed by atoms with Gasteiger partial charge in [0.1, 0.15) is 76.0 Å². The molecule has 0 amide bonds. The first-order valence-electron chi connectivity index (χ1n) is 34.9. The Morgan fingerprint density at radius 1 is 0.504 bits per heavy atom. The summed E-state index contributed by atoms with van der Waals surface area (Å²) in [5.41, 5.74) is 4.61. The van der Waals surface area contributed by atoms with Crippen LogP contribution in [0.2, 0.25) is 15.1 Å². The Bertz CT molecular complexity index is 5790. The summed E-state index contributed by atoms with van der Waals surface area (Å²) in [6, 6.07) is 13.9. The molecule has 0 atom stereocenters. The SMILES string of the molecule is C.CCN(CC)CC.COC(=O)c1cc(-c2ccn(C)n2)c(C(F)(F)F)s1.Cn1cc(Cl)c(-c2cc(C(=O)CO)sc2Br)n1.Cn1cc(Cl)c(-c2cc(C(=O)CO)sc2C(F)(F)F)n1.Cn1cc(Cl)c(-c2csc(C(=O)CO)c2)n1.Cn1ccc(-c2csc(C(=O)CO)c2)n1.Cn1ccc(Br)n1.O=C(CO)C(F)(F)S(=O)(=O)F.O=C(CO)c1cc(B(O)O)cs1.O=S(Br)Br.[Li+].[OH-]. The van der Waals surface area contributed by atoms with E-state index in [4.69, 9.17) is 75.5 Å². The number of ether oxygens (including phenoxy) is 1. The van der Waals surface area contributed by atoms with Crippen molar-refractivity contribution in [1.82, 2.24) is 63.6 Å². The Hall–Kier alpha value is -6.53. The number of alkyl halides is 8. The molecule has 716 valence electrons. The molecule has 12 rings (SSSR count). The van der Waals surface area contributed by atoms with Crippen LogP contribution in [0.15, 0.2) is 116 Å². The second-order valence-electron chi connectivity index (χ2n) is 24.3. The molecule has 0 saturated carbocycles. The summed E-state index contributed by atoms with van der Waals surface area (Å²) >= 11 is 35.3. The van der Waals surface area contributed by atoms with Crippen molar-refractivity contribution in [3.8, 4) is 56.3 Å². The minimum Gasteiger partial charge on any atom is -0.870 e. The second-order valence-corrected chi connectivity index (χ2v) is 41.4. The van der Waals surface area contributed by atoms with Crippen LogP contribution in [-0.2, 0) is 82.1 Å². The van der Waals surface area contributed by atoms with Crippen LogP contribution in [0.4, 0.5) is 39.0 Å². The summed E-state index contributed by atoms with van der Waals surface area (Å²) in [4.78, 5) is 79.4. The van der Waals surface area contributed by atoms with E-state index in [-0.39, 0.29) is 103 Å². The molecular weight excluding hydrogens is 2240 g/mol. The zero-order valence-electron chi connectivity index (χ0n) is 69.0. The zero-order chi connectivity index (χ0) is 97.4. The van der Waals surface area contributed by atoms with Gasteiger partial charge >= 0.3 is 59.8 Å². The Labute approximate surface area is 827 Å². The number of thiophene rings is 6. The van der Waals surface area contributed by atoms with Gasteiger partial charge in [-0.05, 0) is 117 Å². The summed E-state index contributed by atoms with van der Waals surface area (Å²) in [5, 5.41) is 94.1. The first kappa shape index (κ1) is 124. The Balaban J connectivity index is 0.00000146. The van der Waals surface area contributed by atoms with Gasteiger partial charge in [-0.25, -0.2) is 9.00 Å². The van der Waals surface area contributed by atoms with Crippen molar-refractivity contribution in [3.05, 3.63) is 170 Å². The number of ketones is 6. The van der Waals surface area contributed by atoms with Gasteiger partial charge in [0.2, 0.25) is 5.78 Å². The summed E-state index contributed by atoms with van der Waals surface area (Å²) in [6.45, 7) is 5.57. The minimum atomic E-state index is -6.26. The maximum Gasteiger partial charge on any atom is 1.00 e. The molecule has 0 unspecified atom stereocenters. The van der Waals surface area contributed by atoms with E-state index in [0.717, 1.165) is 61.4 Å². The van der Waals surface area contributed by atoms with E-state index in [0.29, 0.717) is 52.3 Å². The topological polar surface area (TPSA) is 482 Å². The fourth-order valence-corrected chi connectivity index (χ4v) is 16.8. The van der Waals surface area contributed by atoms with Gasteiger partial charge in [-0.3, -0.25) is 56.9 Å². The van der Waals surface area contributed by atoms with Gasteiger partial charge in [0.25, 0.3) is 0 Å². The molecule has 0 fully saturated rings. The van der Waals surface area contributed by atoms with Crippen molar-refractivity contribution in [3.63, 3.8) is 0 Å². The third-order valence-electron chi connectivity index (χ3n) is 15.2. The molecule has 0 aliphatic carbocycles. The monoisotopic (exact) mass is 2310 g/mol. The van der Waals surface area contributed by atoms with E-state index in [2.05, 4.69) is 122 Å². The molecule has 12 aromatic rings. The molecule has 0 aliphatic heterocycles. The number of hydrogen-bond donors (Lipinski definition) is 8. The van der Waals surface area contributed by atoms with Crippen molar-refractivity contribution in [1.29, 1.82) is 0 Å². The van der Waals surface area contributed by atoms with Gasteiger partial charge in [-0.15, -0.1) is 68.0 Å². The zero-order valence-corrected chi connectivity index (χ0v) is 84.1. The molecule has 0 aliphatic rings. The van der Waals surface area contributed by atoms with E-state index in [1.54, 1.807) is 75.8 Å². The number of carbonyl (C=O) groups is 7. The third-order valence-corrected chi connectivity index (χ3v) is 24.5. The quantitative estimate of drug-likeness (QED) is 0.00969. The van der Waals surface area contributed by atoms with Crippen molar-refractivity contribution in [2.45, 2.75) is 45.8 Å². The van der Waals surface area contributed by atoms with Crippen molar-refractivity contribution in [2.75, 3.05) is 66.4 Å². The van der Waals surface area contributed by atoms with Gasteiger partial charge in [0.15, 0.2) is 36.6 Å². The first-order valence-corrected chi connectivity index (χ1v) is 49.0. The van der Waals surface area contributed by atoms with Crippen LogP contribution in [0.1, 0.15) is 96.0 Å². The van der Waals surface area contributed by atoms with Crippen LogP contribution < -0.4 is 24.3 Å². The van der Waals surface area contributed by atoms with Crippen LogP contribution in [0.3, 0.4) is 0 Å². The Morgan fingerprint density at radius 3 is 1.18 bits per heavy atom. The van der Waals surface area contributed by atoms with E-state index in [1.165, 1.54) is 100.0 Å². The van der Waals surface area contributed by atoms with E-state index >= 15 is 0 Å². The maximum absolute atomic E-state index is 13.0. The average molecular weight is 2320 g/mol. The number of halogens is 16. The number of aliphatic hydroxyl groups is 6. The predicted octanol–water partition coefficient (Wildman–Crippen LogP) is 11.4. The molecule has 0 saturated heterocycles. The smallest absolute Gasteiger partial charge is 0.870 e. The van der Waals surface area contributed by atoms with E-state index in [1.807, 2.05) is 44.0 Å². The molecule has 0 radical (unpaired) electrons. The second kappa shape index (κ2) is 58.8. The van der Waals surface area contributed by atoms with Crippen LogP contribution in [0.5, 0.6) is 0 Å². The van der Waals surface area contributed by atoms with Crippen molar-refractivity contribution in [2.24, 2.45) is 42.3 Å². The fourth-order valence-electron chi connectivity index (χ4n) is 9.17. The predicted molar refractivity (Wildman–Crippen MR) is 494 cm³/mol. The average Bonchev–Trinajstić information content (AvgIpc) is 1.63. The number of carbonyl (C=O) groups excluding carboxylic acids is 7. The standard InChI is InChI=1S/C11H8ClF3N2O2S.C11H9F3N2O2S.C10H8BrClN2O2S.C10H9ClN2O2S.C10H10N2O2S.C6H7BO4S.C6H15N.C4H5BrN2.C3H3F3O4S.CH4.Br2OS.Li.H2O/c1-17-3-6(12)9(16-17)5-2-8(7(19)4-18)20-10(5)11(13,14)15;1-16-4-3-7(15-16)6-5-8(10(17)18-2)19-9(6)11(12,13)14;1-14-3-6(12)9(13-14)5-2-8(7(16)4-15)17-10(5)11;1-13-3-7(11)10(12-13)6-2-9(16-5-6)8(15)4-14;1-12-3-2-8(11-12)7-4-10(15-6-7)9(14)5-13;8-2-5(9)6-1-4(3-12-6)7(10)11;1-4-7(5-2)6-3;1-7-3-2-4(5)6-7;4-3(5,2(8)1-7)11(6,9)10;;1-4(2)3;;/h2-3,18H,4H2,1H3;3-5H,1-2H3;2-3,15H,4H2,1H3;2-3,5,14H,4H2,1H3;2-4,6,13H,5H2,1H3;1,3,8,10-11H,2H2;4-6H2,1-3H3;2-3H,1H3;7H,1H2;1H4;;;1H2/q;;;;;;;;;;;+1;/p-1. The molecule has 33 nitrogen and oxygen atoms in total. The van der Waals surface area contributed by atoms with Crippen LogP contribution in [0, 0.1) is 0 Å². The van der Waals surface area contributed by atoms with Gasteiger partial charge in [0, 0.05) is 148 Å². The van der Waals surface area contributed by atoms with Crippen LogP contribution >= 0.6 is 164 Å². The molecule has 9 N–H and O–H groups in total. The number of esters is 1. The Kier molecular flexibility index (Phi) is 55.9. The number of nitrogens with zero attached hydrogens (tertiary/aromatic N) is 13. The largest absolute Gasteiger partial charge is 1.00 e. The number of hydrogen-bond acceptors (Lipinski definition) is 33. The molecule has 12 aromatic heterocycles. The van der Waals surface area contributed by atoms with Gasteiger partial charge < -0.3 is 55.8 Å². The summed E-state index contributed by atoms with van der Waals surface area (Å²) < 4.78 is 157. The molecule has 131 heavy (non-hydrogen) atoms. The van der Waals surface area contributed by atoms with Gasteiger partial charge in [0.05, 0.1) is 61.7 Å². The molecule has 0 bridgehead atoms. The molecule has 0 aromatic carbocycles. The summed E-state index contributed by atoms with van der Waals surface area (Å²) in [6.07, 6.45) is 0.840. The number of aliphatic hydroxyl groups excluding tert-OH is 6. The number of rotatable bonds is 23. The number of aromatic nitrogens is 12. The normalized spacial score (nSPS) is 10.7. The molecule has 59 heteroatoms. The maximum atomic E-state index is 13.0. The molecule has 0 spiro atoms. The van der Waals surface area contributed by atoms with E-state index in [9.17, 15) is 85.2 Å². The van der Waals surface area contributed by atoms with Crippen LogP contribution in [0.25, 0.3) is 56.3 Å². The summed E-state index contributed by atoms with van der Waals surface area (Å²) in [7, 11) is 2.72. The van der Waals surface area contributed by atoms with Crippen molar-refractivity contribution >= 4 is 235 Å². The first-order chi connectivity index (χ1) is 59.6. The Morgan fingerprint density at radius 2 is 0.855 bits per heavy atom. The van der Waals surface area contributed by atoms with Crippen LogP contribution in [-0.4, -0.2) is 242 Å². The van der Waals surface area contributed by atoms with E-state index < -0.39 is 115 Å². The molecular formula is C72H79BBr4Cl3F9LiN13O20S8. The molecule has 12 heterocycles. The minimum absolute atomic E-state index is 0. The summed E-state index contributed by atoms with van der Waals surface area (Å²) in [5.74, 6) is -5.22. The number of aryl methyl sites for hydroxylation is 6.